The van der Waals surface area contributed by atoms with Crippen LogP contribution in [-0.4, -0.2) is 61.4 Å². The van der Waals surface area contributed by atoms with Crippen molar-refractivity contribution in [1.82, 2.24) is 9.88 Å². The number of ether oxygens (including phenoxy) is 1. The Bertz CT molecular complexity index is 1290. The summed E-state index contributed by atoms with van der Waals surface area (Å²) in [5, 5.41) is 10.6. The second-order valence-corrected chi connectivity index (χ2v) is 9.81. The number of benzene rings is 2. The lowest BCUT2D eigenvalue weighted by Gasteiger charge is -2.43. The number of nitriles is 1. The lowest BCUT2D eigenvalue weighted by atomic mass is 9.99. The van der Waals surface area contributed by atoms with E-state index < -0.39 is 0 Å². The molecule has 0 radical (unpaired) electrons. The number of pyridine rings is 1. The van der Waals surface area contributed by atoms with Crippen molar-refractivity contribution in [3.8, 4) is 6.07 Å². The molecule has 0 spiro atoms. The van der Waals surface area contributed by atoms with Gasteiger partial charge in [0.2, 0.25) is 0 Å². The standard InChI is InChI=1S/C27H30N6O/c1-17-12-32(24-8-5-18(11-28)27-22(24)4-3-9-30-27)15-25-21-7-6-20(10-19(21)13-33(17)25)31-14-23(29)26(16-31)34-2/h3-10,17,23,25-26H,12-16,29H2,1-2H3/t17?,23-,25-,26-/m1/s1. The molecule has 174 valence electrons. The highest BCUT2D eigenvalue weighted by Gasteiger charge is 2.40. The average Bonchev–Trinajstić information content (AvgIpc) is 3.43. The Morgan fingerprint density at radius 2 is 1.97 bits per heavy atom. The number of methoxy groups -OCH3 is 1. The van der Waals surface area contributed by atoms with Gasteiger partial charge in [-0.05, 0) is 54.4 Å². The Hall–Kier alpha value is -3.18. The van der Waals surface area contributed by atoms with Gasteiger partial charge in [-0.1, -0.05) is 6.07 Å². The van der Waals surface area contributed by atoms with Gasteiger partial charge in [0.05, 0.1) is 29.3 Å². The fourth-order valence-corrected chi connectivity index (χ4v) is 6.09. The molecule has 2 saturated heterocycles. The summed E-state index contributed by atoms with van der Waals surface area (Å²) in [6, 6.07) is 18.1. The molecular formula is C27H30N6O. The summed E-state index contributed by atoms with van der Waals surface area (Å²) in [4.78, 5) is 12.0. The fourth-order valence-electron chi connectivity index (χ4n) is 6.09. The maximum Gasteiger partial charge on any atom is 0.101 e. The van der Waals surface area contributed by atoms with Crippen molar-refractivity contribution in [2.45, 2.75) is 37.7 Å². The molecular weight excluding hydrogens is 424 g/mol. The number of hydrogen-bond acceptors (Lipinski definition) is 7. The lowest BCUT2D eigenvalue weighted by Crippen LogP contribution is -2.51. The third-order valence-corrected chi connectivity index (χ3v) is 7.87. The van der Waals surface area contributed by atoms with E-state index in [0.717, 1.165) is 49.3 Å². The molecule has 1 aromatic heterocycles. The molecule has 7 heteroatoms. The smallest absolute Gasteiger partial charge is 0.101 e. The van der Waals surface area contributed by atoms with Crippen LogP contribution in [0.15, 0.2) is 48.7 Å². The van der Waals surface area contributed by atoms with E-state index in [4.69, 9.17) is 10.5 Å². The minimum Gasteiger partial charge on any atom is -0.378 e. The Morgan fingerprint density at radius 1 is 1.09 bits per heavy atom. The van der Waals surface area contributed by atoms with E-state index in [9.17, 15) is 5.26 Å². The number of nitrogens with two attached hydrogens (primary N) is 1. The van der Waals surface area contributed by atoms with E-state index in [1.165, 1.54) is 16.8 Å². The van der Waals surface area contributed by atoms with E-state index in [1.54, 1.807) is 13.3 Å². The highest BCUT2D eigenvalue weighted by Crippen LogP contribution is 2.42. The van der Waals surface area contributed by atoms with Gasteiger partial charge in [-0.3, -0.25) is 9.88 Å². The van der Waals surface area contributed by atoms with Gasteiger partial charge < -0.3 is 20.3 Å². The normalized spacial score (nSPS) is 26.5. The van der Waals surface area contributed by atoms with Crippen molar-refractivity contribution in [1.29, 1.82) is 5.26 Å². The molecule has 0 amide bonds. The molecule has 2 fully saturated rings. The Kier molecular flexibility index (Phi) is 5.18. The zero-order chi connectivity index (χ0) is 23.4. The van der Waals surface area contributed by atoms with Crippen molar-refractivity contribution >= 4 is 22.3 Å². The van der Waals surface area contributed by atoms with Crippen LogP contribution in [0.5, 0.6) is 0 Å². The topological polar surface area (TPSA) is 81.7 Å². The van der Waals surface area contributed by atoms with Crippen LogP contribution in [0, 0.1) is 11.3 Å². The SMILES string of the molecule is CO[C@@H]1CN(c2ccc3c(c2)CN2C(C)CN(c4ccc(C#N)c5ncccc45)C[C@H]32)C[C@H]1N. The molecule has 34 heavy (non-hydrogen) atoms. The summed E-state index contributed by atoms with van der Waals surface area (Å²) in [6.07, 6.45) is 1.85. The number of piperazine rings is 1. The zero-order valence-corrected chi connectivity index (χ0v) is 19.7. The van der Waals surface area contributed by atoms with Crippen LogP contribution >= 0.6 is 0 Å². The van der Waals surface area contributed by atoms with Crippen LogP contribution in [0.25, 0.3) is 10.9 Å². The van der Waals surface area contributed by atoms with Gasteiger partial charge in [0.15, 0.2) is 0 Å². The summed E-state index contributed by atoms with van der Waals surface area (Å²) in [5.41, 5.74) is 12.9. The molecule has 1 unspecified atom stereocenters. The predicted octanol–water partition coefficient (Wildman–Crippen LogP) is 3.03. The lowest BCUT2D eigenvalue weighted by molar-refractivity contribution is 0.108. The quantitative estimate of drug-likeness (QED) is 0.651. The summed E-state index contributed by atoms with van der Waals surface area (Å²) in [5.74, 6) is 0. The van der Waals surface area contributed by atoms with Crippen molar-refractivity contribution in [3.63, 3.8) is 0 Å². The van der Waals surface area contributed by atoms with Crippen molar-refractivity contribution in [3.05, 3.63) is 65.4 Å². The number of hydrogen-bond donors (Lipinski definition) is 1. The summed E-state index contributed by atoms with van der Waals surface area (Å²) >= 11 is 0. The van der Waals surface area contributed by atoms with E-state index in [2.05, 4.69) is 63.0 Å². The maximum atomic E-state index is 9.53. The maximum absolute atomic E-state index is 9.53. The minimum absolute atomic E-state index is 0.0508. The number of aromatic nitrogens is 1. The van der Waals surface area contributed by atoms with Crippen LogP contribution in [0.3, 0.4) is 0 Å². The van der Waals surface area contributed by atoms with Crippen LogP contribution in [-0.2, 0) is 11.3 Å². The molecule has 0 bridgehead atoms. The van der Waals surface area contributed by atoms with Crippen molar-refractivity contribution < 1.29 is 4.74 Å². The molecule has 4 atom stereocenters. The molecule has 2 aromatic carbocycles. The van der Waals surface area contributed by atoms with Gasteiger partial charge in [0.25, 0.3) is 0 Å². The molecule has 3 aliphatic heterocycles. The first kappa shape index (κ1) is 21.4. The Labute approximate surface area is 200 Å². The molecule has 7 nitrogen and oxygen atoms in total. The van der Waals surface area contributed by atoms with Gasteiger partial charge in [0.1, 0.15) is 6.07 Å². The zero-order valence-electron chi connectivity index (χ0n) is 19.7. The van der Waals surface area contributed by atoms with Gasteiger partial charge in [-0.25, -0.2) is 0 Å². The summed E-state index contributed by atoms with van der Waals surface area (Å²) in [6.45, 7) is 6.84. The van der Waals surface area contributed by atoms with E-state index in [0.29, 0.717) is 17.6 Å². The predicted molar refractivity (Wildman–Crippen MR) is 134 cm³/mol. The number of rotatable bonds is 3. The van der Waals surface area contributed by atoms with Crippen LogP contribution in [0.1, 0.15) is 29.7 Å². The van der Waals surface area contributed by atoms with E-state index in [1.807, 2.05) is 12.1 Å². The molecule has 6 rings (SSSR count). The van der Waals surface area contributed by atoms with E-state index >= 15 is 0 Å². The second kappa shape index (κ2) is 8.24. The molecule has 2 N–H and O–H groups in total. The number of nitrogens with zero attached hydrogens (tertiary/aromatic N) is 5. The number of anilines is 2. The highest BCUT2D eigenvalue weighted by atomic mass is 16.5. The molecule has 4 heterocycles. The van der Waals surface area contributed by atoms with Gasteiger partial charge in [-0.2, -0.15) is 5.26 Å². The van der Waals surface area contributed by atoms with E-state index in [-0.39, 0.29) is 12.1 Å². The van der Waals surface area contributed by atoms with Crippen LogP contribution in [0.4, 0.5) is 11.4 Å². The Morgan fingerprint density at radius 3 is 2.76 bits per heavy atom. The second-order valence-electron chi connectivity index (χ2n) is 9.81. The molecule has 3 aliphatic rings. The first-order valence-corrected chi connectivity index (χ1v) is 12.0. The fraction of sp³-hybridized carbons (Fsp3) is 0.407. The van der Waals surface area contributed by atoms with Gasteiger partial charge in [-0.15, -0.1) is 0 Å². The third-order valence-electron chi connectivity index (χ3n) is 7.87. The van der Waals surface area contributed by atoms with Crippen LogP contribution < -0.4 is 15.5 Å². The monoisotopic (exact) mass is 454 g/mol. The largest absolute Gasteiger partial charge is 0.378 e. The highest BCUT2D eigenvalue weighted by molar-refractivity contribution is 5.95. The number of fused-ring (bicyclic) bond motifs is 4. The molecule has 0 saturated carbocycles. The van der Waals surface area contributed by atoms with Crippen molar-refractivity contribution in [2.24, 2.45) is 5.73 Å². The average molecular weight is 455 g/mol. The molecule has 3 aromatic rings. The Balaban J connectivity index is 1.31. The van der Waals surface area contributed by atoms with Crippen LogP contribution in [0.2, 0.25) is 0 Å². The van der Waals surface area contributed by atoms with Gasteiger partial charge >= 0.3 is 0 Å². The molecule has 0 aliphatic carbocycles. The van der Waals surface area contributed by atoms with Gasteiger partial charge in [0, 0.05) is 68.8 Å². The first-order chi connectivity index (χ1) is 16.6. The minimum atomic E-state index is 0.0508. The summed E-state index contributed by atoms with van der Waals surface area (Å²) < 4.78 is 5.56. The summed E-state index contributed by atoms with van der Waals surface area (Å²) in [7, 11) is 1.75. The third kappa shape index (κ3) is 3.33. The van der Waals surface area contributed by atoms with Crippen molar-refractivity contribution in [2.75, 3.05) is 43.1 Å². The first-order valence-electron chi connectivity index (χ1n) is 12.0.